The Labute approximate surface area is 119 Å². The summed E-state index contributed by atoms with van der Waals surface area (Å²) in [7, 11) is 0. The lowest BCUT2D eigenvalue weighted by molar-refractivity contribution is 0.0947. The first-order chi connectivity index (χ1) is 8.04. The molecular formula is C13H17Br2NO. The summed E-state index contributed by atoms with van der Waals surface area (Å²) in [6.07, 6.45) is 1.06. The summed E-state index contributed by atoms with van der Waals surface area (Å²) in [4.78, 5) is 11.9. The topological polar surface area (TPSA) is 29.1 Å². The van der Waals surface area contributed by atoms with Crippen molar-refractivity contribution in [2.75, 3.05) is 11.9 Å². The third kappa shape index (κ3) is 4.80. The van der Waals surface area contributed by atoms with Crippen LogP contribution in [0.25, 0.3) is 0 Å². The van der Waals surface area contributed by atoms with E-state index in [2.05, 4.69) is 44.1 Å². The number of nitrogens with one attached hydrogen (secondary N) is 1. The first kappa shape index (κ1) is 14.7. The molecule has 0 fully saturated rings. The van der Waals surface area contributed by atoms with Crippen molar-refractivity contribution in [2.45, 2.75) is 20.3 Å². The number of carbonyl (C=O) groups is 1. The van der Waals surface area contributed by atoms with Gasteiger partial charge in [-0.2, -0.15) is 0 Å². The molecule has 0 aliphatic rings. The first-order valence-corrected chi connectivity index (χ1v) is 7.56. The minimum atomic E-state index is -0.0155. The second-order valence-corrected chi connectivity index (χ2v) is 5.92. The molecule has 1 aromatic rings. The molecule has 1 aromatic carbocycles. The van der Waals surface area contributed by atoms with Crippen LogP contribution in [0, 0.1) is 12.8 Å². The summed E-state index contributed by atoms with van der Waals surface area (Å²) in [6.45, 7) is 4.85. The van der Waals surface area contributed by atoms with E-state index in [1.165, 1.54) is 0 Å². The van der Waals surface area contributed by atoms with Gasteiger partial charge in [0.2, 0.25) is 0 Å². The van der Waals surface area contributed by atoms with E-state index in [-0.39, 0.29) is 5.91 Å². The number of hydrogen-bond acceptors (Lipinski definition) is 1. The summed E-state index contributed by atoms with van der Waals surface area (Å²) >= 11 is 6.82. The second-order valence-electron chi connectivity index (χ2n) is 4.28. The summed E-state index contributed by atoms with van der Waals surface area (Å²) in [6, 6.07) is 5.75. The van der Waals surface area contributed by atoms with Crippen molar-refractivity contribution in [3.05, 3.63) is 33.8 Å². The molecule has 0 bridgehead atoms. The fourth-order valence-corrected chi connectivity index (χ4v) is 2.91. The van der Waals surface area contributed by atoms with Crippen molar-refractivity contribution in [1.29, 1.82) is 0 Å². The number of carbonyl (C=O) groups excluding carboxylic acids is 1. The zero-order chi connectivity index (χ0) is 12.8. The Morgan fingerprint density at radius 1 is 1.47 bits per heavy atom. The smallest absolute Gasteiger partial charge is 0.252 e. The Balaban J connectivity index is 2.58. The third-order valence-electron chi connectivity index (χ3n) is 2.58. The van der Waals surface area contributed by atoms with E-state index in [1.807, 2.05) is 25.1 Å². The van der Waals surface area contributed by atoms with Crippen LogP contribution in [0.1, 0.15) is 29.3 Å². The molecule has 0 aliphatic heterocycles. The summed E-state index contributed by atoms with van der Waals surface area (Å²) in [5.41, 5.74) is 1.84. The molecule has 17 heavy (non-hydrogen) atoms. The van der Waals surface area contributed by atoms with Gasteiger partial charge in [0.25, 0.3) is 5.91 Å². The van der Waals surface area contributed by atoms with Gasteiger partial charge in [-0.25, -0.2) is 0 Å². The first-order valence-electron chi connectivity index (χ1n) is 5.65. The molecule has 4 heteroatoms. The predicted octanol–water partition coefficient (Wildman–Crippen LogP) is 3.91. The highest BCUT2D eigenvalue weighted by Gasteiger charge is 2.10. The number of halogens is 2. The molecular weight excluding hydrogens is 346 g/mol. The Kier molecular flexibility index (Phi) is 6.20. The molecule has 0 spiro atoms. The van der Waals surface area contributed by atoms with Gasteiger partial charge in [-0.1, -0.05) is 28.9 Å². The lowest BCUT2D eigenvalue weighted by atomic mass is 10.1. The highest BCUT2D eigenvalue weighted by atomic mass is 79.9. The third-order valence-corrected chi connectivity index (χ3v) is 3.70. The van der Waals surface area contributed by atoms with E-state index in [4.69, 9.17) is 0 Å². The quantitative estimate of drug-likeness (QED) is 0.790. The fourth-order valence-electron chi connectivity index (χ4n) is 1.45. The molecule has 1 rings (SSSR count). The molecule has 1 N–H and O–H groups in total. The largest absolute Gasteiger partial charge is 0.352 e. The minimum Gasteiger partial charge on any atom is -0.352 e. The molecule has 0 saturated carbocycles. The number of rotatable bonds is 5. The van der Waals surface area contributed by atoms with Gasteiger partial charge < -0.3 is 5.32 Å². The van der Waals surface area contributed by atoms with E-state index in [0.29, 0.717) is 18.0 Å². The van der Waals surface area contributed by atoms with Crippen LogP contribution in [-0.2, 0) is 0 Å². The van der Waals surface area contributed by atoms with E-state index in [0.717, 1.165) is 21.8 Å². The lowest BCUT2D eigenvalue weighted by Crippen LogP contribution is -2.28. The van der Waals surface area contributed by atoms with Crippen LogP contribution in [0.3, 0.4) is 0 Å². The van der Waals surface area contributed by atoms with Gasteiger partial charge in [0.1, 0.15) is 0 Å². The van der Waals surface area contributed by atoms with Crippen LogP contribution < -0.4 is 5.32 Å². The van der Waals surface area contributed by atoms with Crippen LogP contribution in [0.15, 0.2) is 22.7 Å². The van der Waals surface area contributed by atoms with E-state index in [1.54, 1.807) is 0 Å². The van der Waals surface area contributed by atoms with E-state index >= 15 is 0 Å². The average Bonchev–Trinajstić information content (AvgIpc) is 2.26. The van der Waals surface area contributed by atoms with Gasteiger partial charge in [-0.05, 0) is 52.9 Å². The van der Waals surface area contributed by atoms with Gasteiger partial charge in [-0.15, -0.1) is 0 Å². The number of alkyl halides is 1. The number of amides is 1. The standard InChI is InChI=1S/C13H17Br2NO/c1-9-3-4-11(12(15)7-9)13(17)16-8-10(2)5-6-14/h3-4,7,10H,5-6,8H2,1-2H3,(H,16,17). The highest BCUT2D eigenvalue weighted by Crippen LogP contribution is 2.18. The summed E-state index contributed by atoms with van der Waals surface area (Å²) < 4.78 is 0.850. The van der Waals surface area contributed by atoms with Crippen LogP contribution in [0.4, 0.5) is 0 Å². The lowest BCUT2D eigenvalue weighted by Gasteiger charge is -2.12. The molecule has 0 aliphatic carbocycles. The zero-order valence-electron chi connectivity index (χ0n) is 10.1. The predicted molar refractivity (Wildman–Crippen MR) is 78.8 cm³/mol. The number of benzene rings is 1. The van der Waals surface area contributed by atoms with Crippen molar-refractivity contribution in [1.82, 2.24) is 5.32 Å². The Morgan fingerprint density at radius 2 is 2.18 bits per heavy atom. The minimum absolute atomic E-state index is 0.0155. The molecule has 94 valence electrons. The molecule has 0 saturated heterocycles. The van der Waals surface area contributed by atoms with E-state index in [9.17, 15) is 4.79 Å². The summed E-state index contributed by atoms with van der Waals surface area (Å²) in [5, 5.41) is 3.92. The van der Waals surface area contributed by atoms with Crippen LogP contribution in [-0.4, -0.2) is 17.8 Å². The fraction of sp³-hybridized carbons (Fsp3) is 0.462. The van der Waals surface area contributed by atoms with Crippen molar-refractivity contribution >= 4 is 37.8 Å². The van der Waals surface area contributed by atoms with Crippen LogP contribution >= 0.6 is 31.9 Å². The van der Waals surface area contributed by atoms with Crippen LogP contribution in [0.2, 0.25) is 0 Å². The van der Waals surface area contributed by atoms with Crippen LogP contribution in [0.5, 0.6) is 0 Å². The second kappa shape index (κ2) is 7.17. The highest BCUT2D eigenvalue weighted by molar-refractivity contribution is 9.10. The SMILES string of the molecule is Cc1ccc(C(=O)NCC(C)CCBr)c(Br)c1. The molecule has 0 aromatic heterocycles. The van der Waals surface area contributed by atoms with Gasteiger partial charge in [0.05, 0.1) is 5.56 Å². The Hall–Kier alpha value is -0.350. The monoisotopic (exact) mass is 361 g/mol. The Morgan fingerprint density at radius 3 is 2.76 bits per heavy atom. The molecule has 0 heterocycles. The molecule has 1 amide bonds. The maximum atomic E-state index is 11.9. The van der Waals surface area contributed by atoms with Gasteiger partial charge in [-0.3, -0.25) is 4.79 Å². The number of hydrogen-bond donors (Lipinski definition) is 1. The van der Waals surface area contributed by atoms with Gasteiger partial charge >= 0.3 is 0 Å². The molecule has 1 atom stereocenters. The average molecular weight is 363 g/mol. The molecule has 2 nitrogen and oxygen atoms in total. The van der Waals surface area contributed by atoms with E-state index < -0.39 is 0 Å². The van der Waals surface area contributed by atoms with Gasteiger partial charge in [0.15, 0.2) is 0 Å². The molecule has 0 radical (unpaired) electrons. The number of aryl methyl sites for hydroxylation is 1. The van der Waals surface area contributed by atoms with Crippen molar-refractivity contribution in [2.24, 2.45) is 5.92 Å². The van der Waals surface area contributed by atoms with Crippen molar-refractivity contribution < 1.29 is 4.79 Å². The zero-order valence-corrected chi connectivity index (χ0v) is 13.3. The Bertz CT molecular complexity index is 393. The van der Waals surface area contributed by atoms with Gasteiger partial charge in [0, 0.05) is 16.3 Å². The normalized spacial score (nSPS) is 12.2. The van der Waals surface area contributed by atoms with Crippen molar-refractivity contribution in [3.8, 4) is 0 Å². The van der Waals surface area contributed by atoms with Crippen molar-refractivity contribution in [3.63, 3.8) is 0 Å². The maximum absolute atomic E-state index is 11.9. The molecule has 1 unspecified atom stereocenters. The maximum Gasteiger partial charge on any atom is 0.252 e. The summed E-state index contributed by atoms with van der Waals surface area (Å²) in [5.74, 6) is 0.473.